The molecule has 0 amide bonds. The van der Waals surface area contributed by atoms with E-state index >= 15 is 0 Å². The van der Waals surface area contributed by atoms with Crippen LogP contribution < -0.4 is 0 Å². The van der Waals surface area contributed by atoms with Gasteiger partial charge in [0.25, 0.3) is 0 Å². The van der Waals surface area contributed by atoms with Crippen molar-refractivity contribution in [3.8, 4) is 0 Å². The van der Waals surface area contributed by atoms with Crippen LogP contribution in [0.3, 0.4) is 0 Å². The van der Waals surface area contributed by atoms with E-state index < -0.39 is 5.60 Å². The Morgan fingerprint density at radius 3 is 2.65 bits per heavy atom. The fourth-order valence-electron chi connectivity index (χ4n) is 2.11. The SMILES string of the molecule is CCC(O)(c1cccc(F)c1)c1ccsc1C. The third-order valence-corrected chi connectivity index (χ3v) is 3.96. The lowest BCUT2D eigenvalue weighted by Gasteiger charge is -2.28. The molecule has 17 heavy (non-hydrogen) atoms. The van der Waals surface area contributed by atoms with Crippen molar-refractivity contribution >= 4 is 11.3 Å². The maximum Gasteiger partial charge on any atom is 0.123 e. The van der Waals surface area contributed by atoms with E-state index in [4.69, 9.17) is 0 Å². The summed E-state index contributed by atoms with van der Waals surface area (Å²) in [6.07, 6.45) is 0.522. The molecule has 90 valence electrons. The van der Waals surface area contributed by atoms with E-state index in [2.05, 4.69) is 0 Å². The molecule has 0 saturated carbocycles. The summed E-state index contributed by atoms with van der Waals surface area (Å²) >= 11 is 1.59. The first-order valence-electron chi connectivity index (χ1n) is 5.61. The van der Waals surface area contributed by atoms with Gasteiger partial charge in [-0.2, -0.15) is 0 Å². The summed E-state index contributed by atoms with van der Waals surface area (Å²) in [5.41, 5.74) is 0.392. The van der Waals surface area contributed by atoms with Gasteiger partial charge in [-0.15, -0.1) is 11.3 Å². The van der Waals surface area contributed by atoms with Crippen LogP contribution in [0.4, 0.5) is 4.39 Å². The quantitative estimate of drug-likeness (QED) is 0.877. The molecular formula is C14H15FOS. The van der Waals surface area contributed by atoms with Crippen LogP contribution in [0.5, 0.6) is 0 Å². The second-order valence-electron chi connectivity index (χ2n) is 4.11. The van der Waals surface area contributed by atoms with Crippen LogP contribution in [0.15, 0.2) is 35.7 Å². The minimum Gasteiger partial charge on any atom is -0.380 e. The molecule has 1 unspecified atom stereocenters. The molecule has 1 aromatic carbocycles. The number of hydrogen-bond acceptors (Lipinski definition) is 2. The molecule has 2 rings (SSSR count). The van der Waals surface area contributed by atoms with E-state index in [1.165, 1.54) is 12.1 Å². The van der Waals surface area contributed by atoms with Crippen molar-refractivity contribution in [2.45, 2.75) is 25.9 Å². The molecule has 2 aromatic rings. The molecule has 0 fully saturated rings. The van der Waals surface area contributed by atoms with Crippen molar-refractivity contribution in [3.05, 3.63) is 57.5 Å². The van der Waals surface area contributed by atoms with Crippen LogP contribution in [0, 0.1) is 12.7 Å². The first kappa shape index (κ1) is 12.3. The highest BCUT2D eigenvalue weighted by Gasteiger charge is 2.31. The lowest BCUT2D eigenvalue weighted by molar-refractivity contribution is 0.0760. The summed E-state index contributed by atoms with van der Waals surface area (Å²) in [7, 11) is 0. The van der Waals surface area contributed by atoms with E-state index in [-0.39, 0.29) is 5.82 Å². The van der Waals surface area contributed by atoms with E-state index in [9.17, 15) is 9.50 Å². The van der Waals surface area contributed by atoms with Gasteiger partial charge in [-0.3, -0.25) is 0 Å². The minimum atomic E-state index is -1.09. The molecule has 0 saturated heterocycles. The molecule has 0 aliphatic rings. The Hall–Kier alpha value is -1.19. The van der Waals surface area contributed by atoms with Crippen molar-refractivity contribution in [3.63, 3.8) is 0 Å². The van der Waals surface area contributed by atoms with Gasteiger partial charge in [-0.1, -0.05) is 19.1 Å². The van der Waals surface area contributed by atoms with Crippen molar-refractivity contribution in [2.75, 3.05) is 0 Å². The smallest absolute Gasteiger partial charge is 0.123 e. The van der Waals surface area contributed by atoms with Gasteiger partial charge in [-0.05, 0) is 42.5 Å². The standard InChI is InChI=1S/C14H15FOS/c1-3-14(16,13-7-8-17-10(13)2)11-5-4-6-12(15)9-11/h4-9,16H,3H2,1-2H3. The highest BCUT2D eigenvalue weighted by atomic mass is 32.1. The summed E-state index contributed by atoms with van der Waals surface area (Å²) in [6.45, 7) is 3.88. The number of rotatable bonds is 3. The molecule has 1 N–H and O–H groups in total. The fraction of sp³-hybridized carbons (Fsp3) is 0.286. The number of aliphatic hydroxyl groups is 1. The Bertz CT molecular complexity index is 520. The molecule has 0 radical (unpaired) electrons. The maximum atomic E-state index is 13.3. The third-order valence-electron chi connectivity index (χ3n) is 3.12. The second-order valence-corrected chi connectivity index (χ2v) is 5.23. The zero-order chi connectivity index (χ0) is 12.5. The molecule has 0 aliphatic carbocycles. The monoisotopic (exact) mass is 250 g/mol. The predicted molar refractivity (Wildman–Crippen MR) is 68.7 cm³/mol. The van der Waals surface area contributed by atoms with Gasteiger partial charge in [0.05, 0.1) is 0 Å². The summed E-state index contributed by atoms with van der Waals surface area (Å²) in [4.78, 5) is 1.07. The van der Waals surface area contributed by atoms with Crippen LogP contribution in [0.1, 0.15) is 29.3 Å². The van der Waals surface area contributed by atoms with Gasteiger partial charge in [0.2, 0.25) is 0 Å². The third kappa shape index (κ3) is 2.13. The number of halogens is 1. The number of aryl methyl sites for hydroxylation is 1. The van der Waals surface area contributed by atoms with Gasteiger partial charge < -0.3 is 5.11 Å². The van der Waals surface area contributed by atoms with Crippen LogP contribution in [0.2, 0.25) is 0 Å². The Kier molecular flexibility index (Phi) is 3.31. The summed E-state index contributed by atoms with van der Waals surface area (Å²) in [6, 6.07) is 8.10. The molecule has 1 aromatic heterocycles. The highest BCUT2D eigenvalue weighted by Crippen LogP contribution is 2.36. The van der Waals surface area contributed by atoms with Gasteiger partial charge in [0.1, 0.15) is 11.4 Å². The Morgan fingerprint density at radius 2 is 2.12 bits per heavy atom. The Morgan fingerprint density at radius 1 is 1.35 bits per heavy atom. The average molecular weight is 250 g/mol. The van der Waals surface area contributed by atoms with E-state index in [1.54, 1.807) is 23.5 Å². The van der Waals surface area contributed by atoms with Gasteiger partial charge in [0.15, 0.2) is 0 Å². The molecule has 0 spiro atoms. The zero-order valence-electron chi connectivity index (χ0n) is 9.90. The lowest BCUT2D eigenvalue weighted by atomic mass is 9.84. The van der Waals surface area contributed by atoms with Crippen molar-refractivity contribution in [1.29, 1.82) is 0 Å². The van der Waals surface area contributed by atoms with Crippen LogP contribution in [-0.4, -0.2) is 5.11 Å². The molecule has 1 heterocycles. The Balaban J connectivity index is 2.55. The number of thiophene rings is 1. The first-order chi connectivity index (χ1) is 8.08. The topological polar surface area (TPSA) is 20.2 Å². The molecule has 3 heteroatoms. The zero-order valence-corrected chi connectivity index (χ0v) is 10.7. The molecule has 1 atom stereocenters. The Labute approximate surface area is 105 Å². The maximum absolute atomic E-state index is 13.3. The molecule has 0 bridgehead atoms. The summed E-state index contributed by atoms with van der Waals surface area (Å²) < 4.78 is 13.3. The van der Waals surface area contributed by atoms with Crippen LogP contribution in [0.25, 0.3) is 0 Å². The average Bonchev–Trinajstić information content (AvgIpc) is 2.75. The van der Waals surface area contributed by atoms with E-state index in [1.807, 2.05) is 25.3 Å². The summed E-state index contributed by atoms with van der Waals surface area (Å²) in [5.74, 6) is -0.317. The van der Waals surface area contributed by atoms with Crippen LogP contribution >= 0.6 is 11.3 Å². The fourth-order valence-corrected chi connectivity index (χ4v) is 2.88. The molecule has 0 aliphatic heterocycles. The highest BCUT2D eigenvalue weighted by molar-refractivity contribution is 7.10. The van der Waals surface area contributed by atoms with Crippen LogP contribution in [-0.2, 0) is 5.60 Å². The summed E-state index contributed by atoms with van der Waals surface area (Å²) in [5, 5.41) is 12.7. The van der Waals surface area contributed by atoms with Gasteiger partial charge >= 0.3 is 0 Å². The van der Waals surface area contributed by atoms with Crippen molar-refractivity contribution < 1.29 is 9.50 Å². The largest absolute Gasteiger partial charge is 0.380 e. The van der Waals surface area contributed by atoms with E-state index in [0.29, 0.717) is 12.0 Å². The van der Waals surface area contributed by atoms with E-state index in [0.717, 1.165) is 10.4 Å². The number of hydrogen-bond donors (Lipinski definition) is 1. The molecular weight excluding hydrogens is 235 g/mol. The predicted octanol–water partition coefficient (Wildman–Crippen LogP) is 3.84. The van der Waals surface area contributed by atoms with Crippen molar-refractivity contribution in [1.82, 2.24) is 0 Å². The van der Waals surface area contributed by atoms with Gasteiger partial charge in [-0.25, -0.2) is 4.39 Å². The number of benzene rings is 1. The van der Waals surface area contributed by atoms with Gasteiger partial charge in [0, 0.05) is 10.4 Å². The minimum absolute atomic E-state index is 0.317. The lowest BCUT2D eigenvalue weighted by Crippen LogP contribution is -2.26. The second kappa shape index (κ2) is 4.59. The first-order valence-corrected chi connectivity index (χ1v) is 6.49. The normalized spacial score (nSPS) is 14.6. The van der Waals surface area contributed by atoms with Crippen molar-refractivity contribution in [2.24, 2.45) is 0 Å². The molecule has 1 nitrogen and oxygen atoms in total.